The first-order valence-electron chi connectivity index (χ1n) is 7.27. The zero-order valence-corrected chi connectivity index (χ0v) is 12.8. The number of carbonyl (C=O) groups is 1. The Morgan fingerprint density at radius 3 is 3.00 bits per heavy atom. The second kappa shape index (κ2) is 6.51. The molecule has 24 heavy (non-hydrogen) atoms. The van der Waals surface area contributed by atoms with Crippen molar-refractivity contribution in [3.8, 4) is 0 Å². The van der Waals surface area contributed by atoms with Crippen molar-refractivity contribution in [1.29, 1.82) is 0 Å². The van der Waals surface area contributed by atoms with E-state index in [0.717, 1.165) is 0 Å². The van der Waals surface area contributed by atoms with E-state index in [1.165, 1.54) is 29.4 Å². The molecule has 128 valence electrons. The third-order valence-corrected chi connectivity index (χ3v) is 3.71. The van der Waals surface area contributed by atoms with E-state index in [9.17, 15) is 15.0 Å². The Balaban J connectivity index is 1.99. The zero-order valence-electron chi connectivity index (χ0n) is 12.8. The molecule has 4 atom stereocenters. The number of nitrogen functional groups attached to an aromatic ring is 1. The largest absolute Gasteiger partial charge is 0.451 e. The Hall–Kier alpha value is -2.56. The fourth-order valence-corrected chi connectivity index (χ4v) is 2.59. The number of nitrogens with zero attached hydrogens (tertiary/aromatic N) is 4. The number of fused-ring (bicyclic) bond motifs is 1. The van der Waals surface area contributed by atoms with Crippen LogP contribution < -0.4 is 5.73 Å². The number of nitrogens with two attached hydrogens (primary N) is 1. The number of allylic oxidation sites excluding steroid dienone is 1. The molecule has 10 heteroatoms. The fraction of sp³-hybridized carbons (Fsp3) is 0.429. The minimum Gasteiger partial charge on any atom is -0.451 e. The van der Waals surface area contributed by atoms with Crippen molar-refractivity contribution in [2.75, 3.05) is 12.3 Å². The first-order chi connectivity index (χ1) is 11.6. The van der Waals surface area contributed by atoms with Crippen LogP contribution in [-0.4, -0.2) is 60.6 Å². The van der Waals surface area contributed by atoms with Crippen LogP contribution in [0, 0.1) is 0 Å². The van der Waals surface area contributed by atoms with Gasteiger partial charge in [-0.05, 0) is 6.92 Å². The normalized spacial score (nSPS) is 27.1. The lowest BCUT2D eigenvalue weighted by Crippen LogP contribution is -2.36. The summed E-state index contributed by atoms with van der Waals surface area (Å²) in [5.41, 5.74) is 6.48. The fourth-order valence-electron chi connectivity index (χ4n) is 2.59. The quantitative estimate of drug-likeness (QED) is 0.480. The maximum atomic E-state index is 11.8. The summed E-state index contributed by atoms with van der Waals surface area (Å²) in [4.78, 5) is 23.8. The number of aliphatic hydroxyl groups is 2. The molecule has 0 saturated carbocycles. The van der Waals surface area contributed by atoms with Gasteiger partial charge in [0.2, 0.25) is 0 Å². The lowest BCUT2D eigenvalue weighted by Gasteiger charge is -2.21. The predicted molar refractivity (Wildman–Crippen MR) is 81.4 cm³/mol. The summed E-state index contributed by atoms with van der Waals surface area (Å²) in [5.74, 6) is -0.439. The Kier molecular flexibility index (Phi) is 4.42. The number of carbonyl (C=O) groups excluding carboxylic acids is 1. The van der Waals surface area contributed by atoms with Gasteiger partial charge in [-0.25, -0.2) is 19.7 Å². The minimum absolute atomic E-state index is 0.193. The van der Waals surface area contributed by atoms with Crippen molar-refractivity contribution in [1.82, 2.24) is 19.5 Å². The van der Waals surface area contributed by atoms with Crippen molar-refractivity contribution in [3.05, 3.63) is 24.8 Å². The number of aromatic nitrogens is 4. The maximum absolute atomic E-state index is 11.8. The molecule has 10 nitrogen and oxygen atoms in total. The van der Waals surface area contributed by atoms with Crippen molar-refractivity contribution in [3.63, 3.8) is 0 Å². The number of ether oxygens (including phenoxy) is 2. The molecule has 0 amide bonds. The summed E-state index contributed by atoms with van der Waals surface area (Å²) < 4.78 is 12.4. The number of rotatable bonds is 4. The van der Waals surface area contributed by atoms with E-state index in [4.69, 9.17) is 15.2 Å². The Bertz CT molecular complexity index is 776. The molecule has 1 saturated heterocycles. The van der Waals surface area contributed by atoms with Crippen LogP contribution >= 0.6 is 0 Å². The van der Waals surface area contributed by atoms with Gasteiger partial charge in [0, 0.05) is 6.08 Å². The van der Waals surface area contributed by atoms with E-state index < -0.39 is 37.1 Å². The van der Waals surface area contributed by atoms with Gasteiger partial charge in [0.1, 0.15) is 24.1 Å². The average Bonchev–Trinajstić information content (AvgIpc) is 3.11. The van der Waals surface area contributed by atoms with Crippen LogP contribution in [0.15, 0.2) is 24.8 Å². The highest BCUT2D eigenvalue weighted by Crippen LogP contribution is 2.34. The van der Waals surface area contributed by atoms with E-state index in [0.29, 0.717) is 11.2 Å². The van der Waals surface area contributed by atoms with Gasteiger partial charge in [-0.2, -0.15) is 0 Å². The third-order valence-electron chi connectivity index (χ3n) is 3.71. The van der Waals surface area contributed by atoms with E-state index >= 15 is 0 Å². The molecule has 2 aromatic rings. The molecule has 3 heterocycles. The standard InChI is InChI=1S/C14H17N5O5/c1-2-3-8(21)24-11-10(22)7(4-20)23-14(11)19-6-18-9-12(15)16-5-17-13(9)19/h2-3,5-7,10-11,14,20,22H,4H2,1H3,(H2,15,16,17)/b3-2+/t7-,10-,11-,14-/m1/s1. The first-order valence-corrected chi connectivity index (χ1v) is 7.27. The van der Waals surface area contributed by atoms with Crippen LogP contribution in [0.2, 0.25) is 0 Å². The van der Waals surface area contributed by atoms with Gasteiger partial charge < -0.3 is 25.4 Å². The lowest BCUT2D eigenvalue weighted by molar-refractivity contribution is -0.152. The molecule has 1 fully saturated rings. The van der Waals surface area contributed by atoms with Gasteiger partial charge in [-0.15, -0.1) is 0 Å². The first kappa shape index (κ1) is 16.3. The van der Waals surface area contributed by atoms with Crippen LogP contribution in [0.4, 0.5) is 5.82 Å². The van der Waals surface area contributed by atoms with Gasteiger partial charge >= 0.3 is 5.97 Å². The smallest absolute Gasteiger partial charge is 0.330 e. The summed E-state index contributed by atoms with van der Waals surface area (Å²) in [5, 5.41) is 19.6. The topological polar surface area (TPSA) is 146 Å². The minimum atomic E-state index is -1.20. The highest BCUT2D eigenvalue weighted by atomic mass is 16.6. The molecular formula is C14H17N5O5. The number of anilines is 1. The zero-order chi connectivity index (χ0) is 17.3. The van der Waals surface area contributed by atoms with E-state index in [1.54, 1.807) is 6.92 Å². The van der Waals surface area contributed by atoms with Crippen molar-refractivity contribution in [2.24, 2.45) is 0 Å². The van der Waals surface area contributed by atoms with Gasteiger partial charge in [-0.3, -0.25) is 4.57 Å². The van der Waals surface area contributed by atoms with Crippen molar-refractivity contribution in [2.45, 2.75) is 31.5 Å². The molecule has 3 rings (SSSR count). The molecule has 0 unspecified atom stereocenters. The third kappa shape index (κ3) is 2.70. The van der Waals surface area contributed by atoms with Gasteiger partial charge in [0.25, 0.3) is 0 Å². The van der Waals surface area contributed by atoms with Crippen LogP contribution in [0.3, 0.4) is 0 Å². The average molecular weight is 335 g/mol. The monoisotopic (exact) mass is 335 g/mol. The Morgan fingerprint density at radius 2 is 2.29 bits per heavy atom. The second-order valence-corrected chi connectivity index (χ2v) is 5.22. The Morgan fingerprint density at radius 1 is 1.50 bits per heavy atom. The predicted octanol–water partition coefficient (Wildman–Crippen LogP) is -0.853. The van der Waals surface area contributed by atoms with E-state index in [2.05, 4.69) is 15.0 Å². The highest BCUT2D eigenvalue weighted by Gasteiger charge is 2.47. The van der Waals surface area contributed by atoms with Crippen LogP contribution in [0.25, 0.3) is 11.2 Å². The Labute approximate surface area is 136 Å². The second-order valence-electron chi connectivity index (χ2n) is 5.22. The van der Waals surface area contributed by atoms with Crippen molar-refractivity contribution < 1.29 is 24.5 Å². The van der Waals surface area contributed by atoms with Gasteiger partial charge in [0.15, 0.2) is 23.8 Å². The van der Waals surface area contributed by atoms with Gasteiger partial charge in [-0.1, -0.05) is 6.08 Å². The molecule has 2 aromatic heterocycles. The summed E-state index contributed by atoms with van der Waals surface area (Å²) in [6.45, 7) is 1.24. The highest BCUT2D eigenvalue weighted by molar-refractivity contribution is 5.82. The molecule has 0 bridgehead atoms. The number of hydrogen-bond acceptors (Lipinski definition) is 9. The maximum Gasteiger partial charge on any atom is 0.330 e. The van der Waals surface area contributed by atoms with Crippen LogP contribution in [0.5, 0.6) is 0 Å². The van der Waals surface area contributed by atoms with Crippen molar-refractivity contribution >= 4 is 23.0 Å². The number of imidazole rings is 1. The molecule has 4 N–H and O–H groups in total. The van der Waals surface area contributed by atoms with E-state index in [-0.39, 0.29) is 5.82 Å². The molecule has 0 radical (unpaired) electrons. The molecule has 0 spiro atoms. The molecule has 0 aliphatic carbocycles. The summed E-state index contributed by atoms with van der Waals surface area (Å²) in [7, 11) is 0. The lowest BCUT2D eigenvalue weighted by atomic mass is 10.1. The van der Waals surface area contributed by atoms with Crippen LogP contribution in [0.1, 0.15) is 13.2 Å². The number of aliphatic hydroxyl groups excluding tert-OH is 2. The molecule has 0 aromatic carbocycles. The summed E-state index contributed by atoms with van der Waals surface area (Å²) in [6, 6.07) is 0. The number of esters is 1. The van der Waals surface area contributed by atoms with E-state index in [1.807, 2.05) is 0 Å². The summed E-state index contributed by atoms with van der Waals surface area (Å²) >= 11 is 0. The summed E-state index contributed by atoms with van der Waals surface area (Å²) in [6.07, 6.45) is 1.35. The molecule has 1 aliphatic rings. The molecule has 1 aliphatic heterocycles. The van der Waals surface area contributed by atoms with Gasteiger partial charge in [0.05, 0.1) is 12.9 Å². The molecular weight excluding hydrogens is 318 g/mol. The number of hydrogen-bond donors (Lipinski definition) is 3. The SMILES string of the molecule is C/C=C/C(=O)O[C@@H]1[C@H](O)[C@@H](CO)O[C@H]1n1cnc2c(N)ncnc21. The van der Waals surface area contributed by atoms with Crippen LogP contribution in [-0.2, 0) is 14.3 Å².